The van der Waals surface area contributed by atoms with Gasteiger partial charge in [-0.2, -0.15) is 0 Å². The number of sulfonamides is 1. The molecular formula is C16H23N5O2S. The van der Waals surface area contributed by atoms with Crippen LogP contribution in [-0.2, 0) is 10.0 Å². The average Bonchev–Trinajstić information content (AvgIpc) is 2.49. The van der Waals surface area contributed by atoms with E-state index in [4.69, 9.17) is 11.5 Å². The highest BCUT2D eigenvalue weighted by Gasteiger charge is 2.27. The maximum Gasteiger partial charge on any atom is 0.241 e. The van der Waals surface area contributed by atoms with Crippen LogP contribution in [0.3, 0.4) is 0 Å². The minimum atomic E-state index is -3.71. The van der Waals surface area contributed by atoms with Crippen LogP contribution in [0.2, 0.25) is 0 Å². The number of pyridine rings is 1. The number of benzene rings is 1. The van der Waals surface area contributed by atoms with Gasteiger partial charge in [-0.1, -0.05) is 32.9 Å². The first-order valence-electron chi connectivity index (χ1n) is 7.52. The third kappa shape index (κ3) is 4.21. The molecule has 1 atom stereocenters. The van der Waals surface area contributed by atoms with Crippen LogP contribution in [0.4, 0.5) is 0 Å². The Labute approximate surface area is 142 Å². The van der Waals surface area contributed by atoms with Gasteiger partial charge in [-0.3, -0.25) is 4.98 Å². The highest BCUT2D eigenvalue weighted by Crippen LogP contribution is 2.24. The molecule has 8 heteroatoms. The summed E-state index contributed by atoms with van der Waals surface area (Å²) in [5.41, 5.74) is 10.6. The molecule has 2 rings (SSSR count). The first-order chi connectivity index (χ1) is 11.1. The van der Waals surface area contributed by atoms with Gasteiger partial charge >= 0.3 is 0 Å². The molecule has 0 aliphatic heterocycles. The number of fused-ring (bicyclic) bond motifs is 1. The zero-order chi connectivity index (χ0) is 18.0. The van der Waals surface area contributed by atoms with Crippen LogP contribution in [0.25, 0.3) is 10.8 Å². The van der Waals surface area contributed by atoms with Crippen molar-refractivity contribution in [2.75, 3.05) is 6.54 Å². The SMILES string of the molecule is CC(C)(C)C(CNS(=O)(=O)c1cccc2cnccc12)N=C(N)N. The van der Waals surface area contributed by atoms with Gasteiger partial charge < -0.3 is 11.5 Å². The molecular weight excluding hydrogens is 326 g/mol. The average molecular weight is 349 g/mol. The number of nitrogens with one attached hydrogen (secondary N) is 1. The summed E-state index contributed by atoms with van der Waals surface area (Å²) >= 11 is 0. The summed E-state index contributed by atoms with van der Waals surface area (Å²) in [6.45, 7) is 5.94. The fraction of sp³-hybridized carbons (Fsp3) is 0.375. The summed E-state index contributed by atoms with van der Waals surface area (Å²) in [6.07, 6.45) is 3.20. The van der Waals surface area contributed by atoms with Gasteiger partial charge in [0, 0.05) is 29.7 Å². The van der Waals surface area contributed by atoms with Gasteiger partial charge in [-0.15, -0.1) is 0 Å². The molecule has 1 aromatic carbocycles. The molecule has 130 valence electrons. The Morgan fingerprint density at radius 2 is 2.00 bits per heavy atom. The van der Waals surface area contributed by atoms with Crippen molar-refractivity contribution in [3.05, 3.63) is 36.7 Å². The lowest BCUT2D eigenvalue weighted by Crippen LogP contribution is -2.40. The van der Waals surface area contributed by atoms with E-state index in [-0.39, 0.29) is 28.9 Å². The van der Waals surface area contributed by atoms with Crippen LogP contribution in [-0.4, -0.2) is 31.9 Å². The highest BCUT2D eigenvalue weighted by atomic mass is 32.2. The molecule has 2 aromatic rings. The predicted octanol–water partition coefficient (Wildman–Crippen LogP) is 1.20. The second kappa shape index (κ2) is 6.74. The minimum absolute atomic E-state index is 0.0645. The molecule has 1 aromatic heterocycles. The quantitative estimate of drug-likeness (QED) is 0.553. The lowest BCUT2D eigenvalue weighted by Gasteiger charge is -2.27. The standard InChI is InChI=1S/C16H23N5O2S/c1-16(2,3)14(21-15(17)18)10-20-24(22,23)13-6-4-5-11-9-19-8-7-12(11)13/h4-9,14,20H,10H2,1-3H3,(H4,17,18,21). The van der Waals surface area contributed by atoms with E-state index in [2.05, 4.69) is 14.7 Å². The number of hydrogen-bond donors (Lipinski definition) is 3. The molecule has 24 heavy (non-hydrogen) atoms. The van der Waals surface area contributed by atoms with Gasteiger partial charge in [0.25, 0.3) is 0 Å². The van der Waals surface area contributed by atoms with Gasteiger partial charge in [-0.25, -0.2) is 18.1 Å². The largest absolute Gasteiger partial charge is 0.370 e. The van der Waals surface area contributed by atoms with Gasteiger partial charge in [-0.05, 0) is 17.5 Å². The van der Waals surface area contributed by atoms with Crippen molar-refractivity contribution >= 4 is 26.8 Å². The fourth-order valence-electron chi connectivity index (χ4n) is 2.32. The predicted molar refractivity (Wildman–Crippen MR) is 96.0 cm³/mol. The first kappa shape index (κ1) is 18.2. The molecule has 0 radical (unpaired) electrons. The lowest BCUT2D eigenvalue weighted by atomic mass is 9.87. The van der Waals surface area contributed by atoms with E-state index in [9.17, 15) is 8.42 Å². The third-order valence-electron chi connectivity index (χ3n) is 3.70. The molecule has 0 bridgehead atoms. The van der Waals surface area contributed by atoms with Crippen LogP contribution in [0.1, 0.15) is 20.8 Å². The molecule has 0 saturated carbocycles. The second-order valence-electron chi connectivity index (χ2n) is 6.64. The fourth-order valence-corrected chi connectivity index (χ4v) is 3.58. The molecule has 0 saturated heterocycles. The van der Waals surface area contributed by atoms with Gasteiger partial charge in [0.05, 0.1) is 10.9 Å². The number of nitrogens with two attached hydrogens (primary N) is 2. The van der Waals surface area contributed by atoms with Crippen molar-refractivity contribution < 1.29 is 8.42 Å². The van der Waals surface area contributed by atoms with Crippen molar-refractivity contribution in [1.29, 1.82) is 0 Å². The maximum atomic E-state index is 12.7. The summed E-state index contributed by atoms with van der Waals surface area (Å²) in [4.78, 5) is 8.37. The summed E-state index contributed by atoms with van der Waals surface area (Å²) < 4.78 is 28.1. The second-order valence-corrected chi connectivity index (χ2v) is 8.38. The maximum absolute atomic E-state index is 12.7. The molecule has 0 aliphatic carbocycles. The Kier molecular flexibility index (Phi) is 5.10. The first-order valence-corrected chi connectivity index (χ1v) is 9.01. The third-order valence-corrected chi connectivity index (χ3v) is 5.18. The molecule has 7 nitrogen and oxygen atoms in total. The summed E-state index contributed by atoms with van der Waals surface area (Å²) in [6, 6.07) is 6.38. The van der Waals surface area contributed by atoms with Crippen molar-refractivity contribution in [3.63, 3.8) is 0 Å². The summed E-state index contributed by atoms with van der Waals surface area (Å²) in [5.74, 6) is -0.0645. The van der Waals surface area contributed by atoms with Crippen LogP contribution in [0.15, 0.2) is 46.5 Å². The van der Waals surface area contributed by atoms with Crippen LogP contribution in [0.5, 0.6) is 0 Å². The van der Waals surface area contributed by atoms with E-state index in [0.717, 1.165) is 5.39 Å². The summed E-state index contributed by atoms with van der Waals surface area (Å²) in [5, 5.41) is 1.38. The van der Waals surface area contributed by atoms with Crippen molar-refractivity contribution in [2.24, 2.45) is 21.9 Å². The Hall–Kier alpha value is -2.19. The zero-order valence-corrected chi connectivity index (χ0v) is 14.8. The Bertz CT molecular complexity index is 847. The molecule has 5 N–H and O–H groups in total. The topological polar surface area (TPSA) is 123 Å². The molecule has 1 unspecified atom stereocenters. The van der Waals surface area contributed by atoms with Crippen LogP contribution >= 0.6 is 0 Å². The normalized spacial score (nSPS) is 13.6. The Morgan fingerprint density at radius 3 is 2.62 bits per heavy atom. The van der Waals surface area contributed by atoms with E-state index >= 15 is 0 Å². The number of aliphatic imine (C=N–C) groups is 1. The van der Waals surface area contributed by atoms with E-state index in [0.29, 0.717) is 5.39 Å². The zero-order valence-electron chi connectivity index (χ0n) is 14.0. The molecule has 0 fully saturated rings. The molecule has 0 aliphatic rings. The smallest absolute Gasteiger partial charge is 0.241 e. The Balaban J connectivity index is 2.32. The molecule has 1 heterocycles. The number of rotatable bonds is 5. The Morgan fingerprint density at radius 1 is 1.29 bits per heavy atom. The van der Waals surface area contributed by atoms with Gasteiger partial charge in [0.2, 0.25) is 10.0 Å². The van der Waals surface area contributed by atoms with E-state index in [1.54, 1.807) is 30.6 Å². The minimum Gasteiger partial charge on any atom is -0.370 e. The van der Waals surface area contributed by atoms with Gasteiger partial charge in [0.1, 0.15) is 0 Å². The number of guanidine groups is 1. The molecule has 0 spiro atoms. The number of nitrogens with zero attached hydrogens (tertiary/aromatic N) is 2. The number of aromatic nitrogens is 1. The van der Waals surface area contributed by atoms with Crippen molar-refractivity contribution in [1.82, 2.24) is 9.71 Å². The lowest BCUT2D eigenvalue weighted by molar-refractivity contribution is 0.321. The van der Waals surface area contributed by atoms with Crippen LogP contribution < -0.4 is 16.2 Å². The van der Waals surface area contributed by atoms with E-state index in [1.807, 2.05) is 26.8 Å². The summed E-state index contributed by atoms with van der Waals surface area (Å²) in [7, 11) is -3.71. The van der Waals surface area contributed by atoms with Gasteiger partial charge in [0.15, 0.2) is 5.96 Å². The van der Waals surface area contributed by atoms with Crippen molar-refractivity contribution in [2.45, 2.75) is 31.7 Å². The molecule has 0 amide bonds. The van der Waals surface area contributed by atoms with Crippen LogP contribution in [0, 0.1) is 5.41 Å². The highest BCUT2D eigenvalue weighted by molar-refractivity contribution is 7.89. The monoisotopic (exact) mass is 349 g/mol. The number of hydrogen-bond acceptors (Lipinski definition) is 4. The van der Waals surface area contributed by atoms with Crippen molar-refractivity contribution in [3.8, 4) is 0 Å². The van der Waals surface area contributed by atoms with E-state index in [1.165, 1.54) is 0 Å². The van der Waals surface area contributed by atoms with E-state index < -0.39 is 10.0 Å².